The van der Waals surface area contributed by atoms with Gasteiger partial charge in [-0.05, 0) is 18.2 Å². The first-order valence-electron chi connectivity index (χ1n) is 8.54. The number of benzene rings is 2. The van der Waals surface area contributed by atoms with E-state index in [1.165, 1.54) is 12.1 Å². The molecule has 0 unspecified atom stereocenters. The fraction of sp³-hybridized carbons (Fsp3) is 0.333. The zero-order valence-corrected chi connectivity index (χ0v) is 14.4. The molecule has 2 heterocycles. The number of anilines is 1. The highest BCUT2D eigenvalue weighted by Crippen LogP contribution is 2.26. The number of nitrogens with one attached hydrogen (secondary N) is 1. The Labute approximate surface area is 157 Å². The quantitative estimate of drug-likeness (QED) is 0.289. The molecule has 0 spiro atoms. The second-order valence-electron chi connectivity index (χ2n) is 6.41. The second-order valence-corrected chi connectivity index (χ2v) is 6.41. The van der Waals surface area contributed by atoms with Gasteiger partial charge in [0.1, 0.15) is 41.3 Å². The Hall–Kier alpha value is -2.60. The Balaban J connectivity index is 1.58. The number of para-hydroxylation sites is 2. The maximum atomic E-state index is 12.3. The lowest BCUT2D eigenvalue weighted by Crippen LogP contribution is -2.59. The lowest BCUT2D eigenvalue weighted by Gasteiger charge is -2.39. The molecular formula is C18H18N2O8. The number of hydrogen-bond acceptors (Lipinski definition) is 10. The van der Waals surface area contributed by atoms with Crippen LogP contribution in [0.5, 0.6) is 0 Å². The van der Waals surface area contributed by atoms with Crippen LogP contribution in [-0.2, 0) is 9.57 Å². The van der Waals surface area contributed by atoms with Crippen LogP contribution < -0.4 is 10.9 Å². The molecule has 5 atom stereocenters. The van der Waals surface area contributed by atoms with Crippen molar-refractivity contribution >= 4 is 16.8 Å². The highest BCUT2D eigenvalue weighted by atomic mass is 16.8. The monoisotopic (exact) mass is 390 g/mol. The Morgan fingerprint density at radius 2 is 1.89 bits per heavy atom. The SMILES string of the molecule is O=c1cc2oc3ccccc3nc-2cc1NO[C@H]1O[C@@H](CO)[C@H](O)[C@@H](O)[C@@H]1O. The molecule has 1 aromatic carbocycles. The third-order valence-electron chi connectivity index (χ3n) is 4.52. The fourth-order valence-corrected chi connectivity index (χ4v) is 2.97. The summed E-state index contributed by atoms with van der Waals surface area (Å²) in [4.78, 5) is 21.9. The van der Waals surface area contributed by atoms with E-state index in [-0.39, 0.29) is 5.69 Å². The Morgan fingerprint density at radius 1 is 1.11 bits per heavy atom. The van der Waals surface area contributed by atoms with Crippen LogP contribution in [-0.4, -0.2) is 62.7 Å². The minimum Gasteiger partial charge on any atom is -0.453 e. The molecule has 10 heteroatoms. The zero-order chi connectivity index (χ0) is 19.8. The summed E-state index contributed by atoms with van der Waals surface area (Å²) in [5, 5.41) is 38.7. The van der Waals surface area contributed by atoms with Crippen molar-refractivity contribution in [1.29, 1.82) is 0 Å². The van der Waals surface area contributed by atoms with E-state index >= 15 is 0 Å². The number of aromatic nitrogens is 1. The smallest absolute Gasteiger partial charge is 0.212 e. The van der Waals surface area contributed by atoms with Gasteiger partial charge in [-0.3, -0.25) is 10.3 Å². The lowest BCUT2D eigenvalue weighted by atomic mass is 9.99. The minimum atomic E-state index is -1.60. The molecule has 5 N–H and O–H groups in total. The Kier molecular flexibility index (Phi) is 4.98. The van der Waals surface area contributed by atoms with Crippen LogP contribution in [0.3, 0.4) is 0 Å². The molecule has 10 nitrogen and oxygen atoms in total. The van der Waals surface area contributed by atoms with E-state index in [2.05, 4.69) is 10.5 Å². The molecular weight excluding hydrogens is 372 g/mol. The molecule has 1 saturated heterocycles. The molecule has 3 aliphatic rings. The number of hydrogen-bond donors (Lipinski definition) is 5. The van der Waals surface area contributed by atoms with Crippen molar-refractivity contribution in [3.63, 3.8) is 0 Å². The van der Waals surface area contributed by atoms with Gasteiger partial charge < -0.3 is 29.6 Å². The van der Waals surface area contributed by atoms with Gasteiger partial charge in [-0.15, -0.1) is 0 Å². The van der Waals surface area contributed by atoms with Crippen LogP contribution >= 0.6 is 0 Å². The van der Waals surface area contributed by atoms with Crippen molar-refractivity contribution < 1.29 is 34.4 Å². The molecule has 1 aliphatic carbocycles. The van der Waals surface area contributed by atoms with Gasteiger partial charge in [0.25, 0.3) is 0 Å². The summed E-state index contributed by atoms with van der Waals surface area (Å²) in [6.07, 6.45) is -7.25. The number of nitrogens with zero attached hydrogens (tertiary/aromatic N) is 1. The lowest BCUT2D eigenvalue weighted by molar-refractivity contribution is -0.294. The van der Waals surface area contributed by atoms with E-state index < -0.39 is 42.7 Å². The van der Waals surface area contributed by atoms with Gasteiger partial charge in [0, 0.05) is 6.07 Å². The summed E-state index contributed by atoms with van der Waals surface area (Å²) in [6, 6.07) is 9.76. The largest absolute Gasteiger partial charge is 0.453 e. The van der Waals surface area contributed by atoms with E-state index in [1.807, 2.05) is 0 Å². The third-order valence-corrected chi connectivity index (χ3v) is 4.52. The molecule has 148 valence electrons. The molecule has 1 aromatic rings. The fourth-order valence-electron chi connectivity index (χ4n) is 2.97. The summed E-state index contributed by atoms with van der Waals surface area (Å²) in [5.74, 6) is 0.294. The standard InChI is InChI=1S/C18H18N2O8/c21-7-14-15(23)16(24)17(25)18(27-14)28-20-9-5-10-13(6-11(9)22)26-12-4-2-1-3-8(12)19-10/h1-6,14-18,20-21,23-25H,7H2/t14-,15-,16+,17-,18+/m0/s1. The van der Waals surface area contributed by atoms with Gasteiger partial charge in [-0.25, -0.2) is 9.82 Å². The molecule has 28 heavy (non-hydrogen) atoms. The summed E-state index contributed by atoms with van der Waals surface area (Å²) in [5.41, 5.74) is 3.46. The van der Waals surface area contributed by atoms with Crippen LogP contribution in [0.2, 0.25) is 0 Å². The number of fused-ring (bicyclic) bond motifs is 2. The Morgan fingerprint density at radius 3 is 2.68 bits per heavy atom. The van der Waals surface area contributed by atoms with Crippen molar-refractivity contribution in [2.75, 3.05) is 12.1 Å². The number of aliphatic hydroxyl groups is 4. The highest BCUT2D eigenvalue weighted by molar-refractivity contribution is 5.77. The van der Waals surface area contributed by atoms with Crippen molar-refractivity contribution in [1.82, 2.24) is 4.98 Å². The van der Waals surface area contributed by atoms with E-state index in [1.54, 1.807) is 24.3 Å². The first-order chi connectivity index (χ1) is 13.5. The van der Waals surface area contributed by atoms with E-state index in [0.717, 1.165) is 0 Å². The molecule has 2 aliphatic heterocycles. The van der Waals surface area contributed by atoms with Crippen molar-refractivity contribution in [3.8, 4) is 11.5 Å². The third kappa shape index (κ3) is 3.33. The first-order valence-corrected chi connectivity index (χ1v) is 8.54. The van der Waals surface area contributed by atoms with Gasteiger partial charge in [0.2, 0.25) is 11.7 Å². The van der Waals surface area contributed by atoms with E-state index in [4.69, 9.17) is 14.0 Å². The summed E-state index contributed by atoms with van der Waals surface area (Å²) < 4.78 is 10.9. The van der Waals surface area contributed by atoms with Crippen LogP contribution in [0.1, 0.15) is 0 Å². The average molecular weight is 390 g/mol. The maximum absolute atomic E-state index is 12.3. The zero-order valence-electron chi connectivity index (χ0n) is 14.4. The average Bonchev–Trinajstić information content (AvgIpc) is 2.70. The van der Waals surface area contributed by atoms with Crippen LogP contribution in [0.25, 0.3) is 22.6 Å². The maximum Gasteiger partial charge on any atom is 0.212 e. The van der Waals surface area contributed by atoms with Gasteiger partial charge in [0.15, 0.2) is 11.3 Å². The molecule has 0 amide bonds. The van der Waals surface area contributed by atoms with E-state index in [9.17, 15) is 25.2 Å². The second kappa shape index (κ2) is 7.43. The number of aliphatic hydroxyl groups excluding tert-OH is 4. The van der Waals surface area contributed by atoms with Crippen molar-refractivity contribution in [3.05, 3.63) is 46.6 Å². The molecule has 0 bridgehead atoms. The summed E-state index contributed by atoms with van der Waals surface area (Å²) in [6.45, 7) is -0.591. The first kappa shape index (κ1) is 18.7. The molecule has 0 aromatic heterocycles. The molecule has 0 radical (unpaired) electrons. The minimum absolute atomic E-state index is 0.00226. The molecule has 0 saturated carbocycles. The normalized spacial score (nSPS) is 27.9. The van der Waals surface area contributed by atoms with Crippen molar-refractivity contribution in [2.24, 2.45) is 0 Å². The van der Waals surface area contributed by atoms with E-state index in [0.29, 0.717) is 22.6 Å². The van der Waals surface area contributed by atoms with Crippen molar-refractivity contribution in [2.45, 2.75) is 30.7 Å². The topological polar surface area (TPSA) is 155 Å². The van der Waals surface area contributed by atoms with Gasteiger partial charge >= 0.3 is 0 Å². The summed E-state index contributed by atoms with van der Waals surface area (Å²) in [7, 11) is 0. The predicted octanol–water partition coefficient (Wildman–Crippen LogP) is -0.564. The number of rotatable bonds is 4. The Bertz CT molecular complexity index is 1010. The number of ether oxygens (including phenoxy) is 1. The highest BCUT2D eigenvalue weighted by Gasteiger charge is 2.44. The molecule has 4 rings (SSSR count). The van der Waals surface area contributed by atoms with Crippen LogP contribution in [0.15, 0.2) is 45.6 Å². The molecule has 1 fully saturated rings. The van der Waals surface area contributed by atoms with Gasteiger partial charge in [-0.1, -0.05) is 12.1 Å². The predicted molar refractivity (Wildman–Crippen MR) is 95.4 cm³/mol. The summed E-state index contributed by atoms with van der Waals surface area (Å²) >= 11 is 0. The van der Waals surface area contributed by atoms with Crippen LogP contribution in [0.4, 0.5) is 5.69 Å². The van der Waals surface area contributed by atoms with Crippen LogP contribution in [0, 0.1) is 0 Å². The van der Waals surface area contributed by atoms with Gasteiger partial charge in [0.05, 0.1) is 6.61 Å². The van der Waals surface area contributed by atoms with Gasteiger partial charge in [-0.2, -0.15) is 0 Å².